The van der Waals surface area contributed by atoms with Crippen LogP contribution in [0.25, 0.3) is 0 Å². The van der Waals surface area contributed by atoms with Crippen molar-refractivity contribution in [1.82, 2.24) is 0 Å². The number of carbonyl (C=O) groups excluding carboxylic acids is 6. The third-order valence-corrected chi connectivity index (χ3v) is 2.44. The fourth-order valence-corrected chi connectivity index (χ4v) is 1.74. The fourth-order valence-electron chi connectivity index (χ4n) is 1.74. The van der Waals surface area contributed by atoms with E-state index in [0.29, 0.717) is 0 Å². The van der Waals surface area contributed by atoms with E-state index in [2.05, 4.69) is 0 Å². The van der Waals surface area contributed by atoms with E-state index in [-0.39, 0.29) is 62.5 Å². The number of carbonyl (C=O) groups is 6. The van der Waals surface area contributed by atoms with Crippen molar-refractivity contribution in [3.8, 4) is 0 Å². The van der Waals surface area contributed by atoms with Crippen LogP contribution in [0.2, 0.25) is 0 Å². The molecule has 10 heteroatoms. The molecule has 0 aliphatic rings. The Morgan fingerprint density at radius 1 is 0.441 bits per heavy atom. The Balaban J connectivity index is -0.000000196. The Morgan fingerprint density at radius 3 is 0.676 bits per heavy atom. The molecule has 0 spiro atoms. The van der Waals surface area contributed by atoms with Crippen molar-refractivity contribution in [2.45, 2.75) is 119 Å². The molecule has 0 aromatic carbocycles. The van der Waals surface area contributed by atoms with Gasteiger partial charge >= 0.3 is 43.8 Å². The van der Waals surface area contributed by atoms with Gasteiger partial charge in [-0.2, -0.15) is 0 Å². The van der Waals surface area contributed by atoms with E-state index < -0.39 is 34.7 Å². The average molecular weight is 592 g/mol. The second kappa shape index (κ2) is 17.7. The summed E-state index contributed by atoms with van der Waals surface area (Å²) in [6.07, 6.45) is -0.383. The zero-order valence-electron chi connectivity index (χ0n) is 22.3. The molecule has 0 unspecified atom stereocenters. The van der Waals surface area contributed by atoms with Crippen molar-refractivity contribution in [3.63, 3.8) is 0 Å². The summed E-state index contributed by atoms with van der Waals surface area (Å²) in [4.78, 5) is 63.8. The molecule has 9 nitrogen and oxygen atoms in total. The van der Waals surface area contributed by atoms with Crippen LogP contribution in [0.5, 0.6) is 0 Å². The SMILES string of the molecule is CC(=O)CC(=O)OC(C)(C)C.CC(=O)CC(=O)OC(C)(C)C.CC(=O)CC(=O)OC(C)(C)C.[InH3]. The molecule has 34 heavy (non-hydrogen) atoms. The zero-order chi connectivity index (χ0) is 27.2. The van der Waals surface area contributed by atoms with Crippen LogP contribution in [0.3, 0.4) is 0 Å². The van der Waals surface area contributed by atoms with E-state index in [9.17, 15) is 28.8 Å². The van der Waals surface area contributed by atoms with E-state index in [1.807, 2.05) is 0 Å². The summed E-state index contributed by atoms with van der Waals surface area (Å²) >= 11 is 0. The Bertz CT molecular complexity index is 596. The standard InChI is InChI=1S/3C8H14O3.In.3H/c3*1-6(9)5-7(10)11-8(2,3)4;;;;/h3*5H2,1-4H3;;;;. The monoisotopic (exact) mass is 592 g/mol. The maximum absolute atomic E-state index is 10.8. The number of rotatable bonds is 6. The summed E-state index contributed by atoms with van der Waals surface area (Å²) in [6, 6.07) is 0. The third-order valence-electron chi connectivity index (χ3n) is 2.44. The number of esters is 3. The summed E-state index contributed by atoms with van der Waals surface area (Å²) in [5, 5.41) is 0. The van der Waals surface area contributed by atoms with Gasteiger partial charge in [0.05, 0.1) is 0 Å². The summed E-state index contributed by atoms with van der Waals surface area (Å²) in [6.45, 7) is 20.0. The van der Waals surface area contributed by atoms with Crippen molar-refractivity contribution in [1.29, 1.82) is 0 Å². The van der Waals surface area contributed by atoms with Crippen LogP contribution in [0, 0.1) is 0 Å². The normalized spacial score (nSPS) is 10.6. The number of hydrogen-bond acceptors (Lipinski definition) is 9. The third kappa shape index (κ3) is 40.6. The average Bonchev–Trinajstić information content (AvgIpc) is 2.38. The van der Waals surface area contributed by atoms with Gasteiger partial charge in [-0.25, -0.2) is 0 Å². The molecule has 0 bridgehead atoms. The molecule has 0 saturated carbocycles. The Labute approximate surface area is 222 Å². The minimum atomic E-state index is -0.494. The molecule has 0 heterocycles. The molecule has 198 valence electrons. The topological polar surface area (TPSA) is 130 Å². The molecule has 0 fully saturated rings. The predicted octanol–water partition coefficient (Wildman–Crippen LogP) is 2.74. The van der Waals surface area contributed by atoms with Crippen molar-refractivity contribution in [2.24, 2.45) is 0 Å². The van der Waals surface area contributed by atoms with Crippen molar-refractivity contribution >= 4 is 61.1 Å². The fraction of sp³-hybridized carbons (Fsp3) is 0.750. The van der Waals surface area contributed by atoms with E-state index >= 15 is 0 Å². The summed E-state index contributed by atoms with van der Waals surface area (Å²) in [7, 11) is 0. The quantitative estimate of drug-likeness (QED) is 0.260. The van der Waals surface area contributed by atoms with Crippen LogP contribution in [0.4, 0.5) is 0 Å². The van der Waals surface area contributed by atoms with Gasteiger partial charge in [0.1, 0.15) is 53.4 Å². The summed E-state index contributed by atoms with van der Waals surface area (Å²) < 4.78 is 14.7. The van der Waals surface area contributed by atoms with Crippen molar-refractivity contribution < 1.29 is 43.0 Å². The molecule has 0 rings (SSSR count). The second-order valence-corrected chi connectivity index (χ2v) is 10.4. The number of ketones is 3. The van der Waals surface area contributed by atoms with Crippen LogP contribution in [-0.4, -0.2) is 77.9 Å². The molecule has 0 aromatic heterocycles. The van der Waals surface area contributed by atoms with Gasteiger partial charge in [-0.3, -0.25) is 28.8 Å². The van der Waals surface area contributed by atoms with Crippen molar-refractivity contribution in [3.05, 3.63) is 0 Å². The molecule has 0 saturated heterocycles. The first-order valence-electron chi connectivity index (χ1n) is 10.6. The molecule has 0 amide bonds. The van der Waals surface area contributed by atoms with Gasteiger partial charge in [-0.1, -0.05) is 0 Å². The van der Waals surface area contributed by atoms with Crippen LogP contribution in [0.1, 0.15) is 102 Å². The van der Waals surface area contributed by atoms with Gasteiger partial charge in [0.2, 0.25) is 0 Å². The Morgan fingerprint density at radius 2 is 0.588 bits per heavy atom. The summed E-state index contributed by atoms with van der Waals surface area (Å²) in [5.74, 6) is -1.86. The van der Waals surface area contributed by atoms with E-state index in [4.69, 9.17) is 14.2 Å². The zero-order valence-corrected chi connectivity index (χ0v) is 22.3. The number of Topliss-reactive ketones (excluding diaryl/α,β-unsaturated/α-hetero) is 3. The minimum absolute atomic E-state index is 0. The van der Waals surface area contributed by atoms with Gasteiger partial charge in [-0.15, -0.1) is 0 Å². The molecule has 0 aliphatic heterocycles. The first kappa shape index (κ1) is 39.5. The van der Waals surface area contributed by atoms with Crippen LogP contribution >= 0.6 is 0 Å². The van der Waals surface area contributed by atoms with Gasteiger partial charge < -0.3 is 14.2 Å². The first-order valence-corrected chi connectivity index (χ1v) is 10.6. The molecule has 0 N–H and O–H groups in total. The maximum atomic E-state index is 10.8. The number of hydrogen-bond donors (Lipinski definition) is 0. The van der Waals surface area contributed by atoms with E-state index in [1.165, 1.54) is 20.8 Å². The van der Waals surface area contributed by atoms with Gasteiger partial charge in [-0.05, 0) is 83.1 Å². The molecule has 0 atom stereocenters. The van der Waals surface area contributed by atoms with Crippen LogP contribution < -0.4 is 0 Å². The molecular weight excluding hydrogens is 547 g/mol. The first-order chi connectivity index (χ1) is 14.4. The Kier molecular flexibility index (Phi) is 20.5. The van der Waals surface area contributed by atoms with Gasteiger partial charge in [0, 0.05) is 0 Å². The second-order valence-electron chi connectivity index (χ2n) is 10.4. The molecule has 0 aromatic rings. The van der Waals surface area contributed by atoms with Crippen LogP contribution in [-0.2, 0) is 43.0 Å². The molecular formula is C24H45InO9. The number of ether oxygens (including phenoxy) is 3. The van der Waals surface area contributed by atoms with E-state index in [0.717, 1.165) is 0 Å². The molecule has 0 aliphatic carbocycles. The molecule has 0 radical (unpaired) electrons. The van der Waals surface area contributed by atoms with Crippen LogP contribution in [0.15, 0.2) is 0 Å². The Hall–Kier alpha value is -1.71. The summed E-state index contributed by atoms with van der Waals surface area (Å²) in [5.41, 5.74) is -1.48. The van der Waals surface area contributed by atoms with Gasteiger partial charge in [0.15, 0.2) is 0 Å². The predicted molar refractivity (Wildman–Crippen MR) is 133 cm³/mol. The van der Waals surface area contributed by atoms with E-state index in [1.54, 1.807) is 62.3 Å². The van der Waals surface area contributed by atoms with Gasteiger partial charge in [0.25, 0.3) is 0 Å². The van der Waals surface area contributed by atoms with Crippen molar-refractivity contribution in [2.75, 3.05) is 0 Å².